The molecular formula is C24H27F2N5O. The van der Waals surface area contributed by atoms with Crippen molar-refractivity contribution in [3.05, 3.63) is 41.9 Å². The van der Waals surface area contributed by atoms with Crippen LogP contribution in [0.2, 0.25) is 0 Å². The van der Waals surface area contributed by atoms with E-state index in [1.54, 1.807) is 0 Å². The number of hydrogen-bond acceptors (Lipinski definition) is 5. The maximum absolute atomic E-state index is 13.4. The Hall–Kier alpha value is -2.74. The number of Topliss-reactive ketones (excluding diaryl/α,β-unsaturated/α-hetero) is 1. The van der Waals surface area contributed by atoms with E-state index in [0.29, 0.717) is 5.69 Å². The second kappa shape index (κ2) is 8.31. The normalized spacial score (nSPS) is 19.2. The average molecular weight is 440 g/mol. The van der Waals surface area contributed by atoms with Gasteiger partial charge in [-0.25, -0.2) is 8.78 Å². The van der Waals surface area contributed by atoms with Crippen molar-refractivity contribution in [2.75, 3.05) is 13.1 Å². The van der Waals surface area contributed by atoms with Crippen molar-refractivity contribution < 1.29 is 13.6 Å². The molecule has 32 heavy (non-hydrogen) atoms. The summed E-state index contributed by atoms with van der Waals surface area (Å²) in [6.45, 7) is 3.11. The smallest absolute Gasteiger partial charge is 0.248 e. The lowest BCUT2D eigenvalue weighted by atomic mass is 9.83. The number of carbonyl (C=O) groups is 1. The molecule has 0 bridgehead atoms. The lowest BCUT2D eigenvalue weighted by Gasteiger charge is -2.30. The Labute approximate surface area is 185 Å². The Kier molecular flexibility index (Phi) is 5.49. The summed E-state index contributed by atoms with van der Waals surface area (Å²) in [5, 5.41) is 13.9. The lowest BCUT2D eigenvalue weighted by Crippen LogP contribution is -2.37. The molecule has 3 heterocycles. The first-order valence-corrected chi connectivity index (χ1v) is 11.3. The molecule has 3 aromatic rings. The van der Waals surface area contributed by atoms with Gasteiger partial charge < -0.3 is 0 Å². The van der Waals surface area contributed by atoms with Crippen LogP contribution in [0.3, 0.4) is 0 Å². The van der Waals surface area contributed by atoms with Crippen molar-refractivity contribution in [1.29, 1.82) is 0 Å². The number of aromatic nitrogens is 4. The van der Waals surface area contributed by atoms with E-state index in [4.69, 9.17) is 0 Å². The topological polar surface area (TPSA) is 63.9 Å². The Bertz CT molecular complexity index is 1140. The number of fused-ring (bicyclic) bond motifs is 1. The van der Waals surface area contributed by atoms with Crippen molar-refractivity contribution in [2.45, 2.75) is 51.0 Å². The Morgan fingerprint density at radius 3 is 2.66 bits per heavy atom. The summed E-state index contributed by atoms with van der Waals surface area (Å²) in [7, 11) is 1.97. The molecule has 2 aliphatic rings. The van der Waals surface area contributed by atoms with Crippen molar-refractivity contribution in [3.8, 4) is 11.1 Å². The number of likely N-dealkylation sites (tertiary alicyclic amines) is 1. The molecule has 1 aliphatic heterocycles. The molecule has 0 spiro atoms. The minimum absolute atomic E-state index is 0.0191. The van der Waals surface area contributed by atoms with Gasteiger partial charge in [0.1, 0.15) is 5.78 Å². The third kappa shape index (κ3) is 4.28. The third-order valence-electron chi connectivity index (χ3n) is 6.86. The van der Waals surface area contributed by atoms with Gasteiger partial charge in [-0.05, 0) is 56.1 Å². The summed E-state index contributed by atoms with van der Waals surface area (Å²) in [4.78, 5) is 15.1. The van der Waals surface area contributed by atoms with E-state index >= 15 is 0 Å². The Morgan fingerprint density at radius 2 is 1.94 bits per heavy atom. The maximum Gasteiger partial charge on any atom is 0.248 e. The molecule has 0 unspecified atom stereocenters. The van der Waals surface area contributed by atoms with E-state index in [9.17, 15) is 13.6 Å². The van der Waals surface area contributed by atoms with Gasteiger partial charge in [-0.2, -0.15) is 15.3 Å². The number of carbonyl (C=O) groups excluding carboxylic acids is 1. The highest BCUT2D eigenvalue weighted by atomic mass is 19.3. The molecule has 5 rings (SSSR count). The van der Waals surface area contributed by atoms with E-state index in [1.165, 1.54) is 12.1 Å². The van der Waals surface area contributed by atoms with Gasteiger partial charge in [0.2, 0.25) is 5.92 Å². The number of alkyl halides is 2. The monoisotopic (exact) mass is 439 g/mol. The summed E-state index contributed by atoms with van der Waals surface area (Å²) >= 11 is 0. The van der Waals surface area contributed by atoms with Crippen molar-refractivity contribution in [1.82, 2.24) is 24.9 Å². The predicted molar refractivity (Wildman–Crippen MR) is 117 cm³/mol. The molecule has 6 nitrogen and oxygen atoms in total. The lowest BCUT2D eigenvalue weighted by molar-refractivity contribution is -0.126. The fourth-order valence-corrected chi connectivity index (χ4v) is 4.67. The number of benzene rings is 1. The first-order valence-electron chi connectivity index (χ1n) is 11.3. The van der Waals surface area contributed by atoms with Gasteiger partial charge in [-0.15, -0.1) is 0 Å². The quantitative estimate of drug-likeness (QED) is 0.577. The van der Waals surface area contributed by atoms with Crippen molar-refractivity contribution in [2.24, 2.45) is 13.0 Å². The SMILES string of the molecule is Cn1ncc(-c2ccc3nnc(CC(=O)C4CCC(F)(F)CC4)cc3c2)c1CN1CCC1. The number of ketones is 1. The van der Waals surface area contributed by atoms with Gasteiger partial charge in [0, 0.05) is 43.3 Å². The minimum atomic E-state index is -2.63. The summed E-state index contributed by atoms with van der Waals surface area (Å²) in [6, 6.07) is 7.93. The molecule has 0 atom stereocenters. The molecule has 0 amide bonds. The zero-order valence-electron chi connectivity index (χ0n) is 18.2. The maximum atomic E-state index is 13.4. The van der Waals surface area contributed by atoms with Crippen LogP contribution in [-0.4, -0.2) is 49.7 Å². The fourth-order valence-electron chi connectivity index (χ4n) is 4.67. The van der Waals surface area contributed by atoms with Gasteiger partial charge in [0.15, 0.2) is 0 Å². The highest BCUT2D eigenvalue weighted by molar-refractivity contribution is 5.87. The zero-order valence-corrected chi connectivity index (χ0v) is 18.2. The largest absolute Gasteiger partial charge is 0.299 e. The van der Waals surface area contributed by atoms with Crippen LogP contribution < -0.4 is 0 Å². The second-order valence-electron chi connectivity index (χ2n) is 9.14. The fraction of sp³-hybridized carbons (Fsp3) is 0.500. The Morgan fingerprint density at radius 1 is 1.16 bits per heavy atom. The molecular weight excluding hydrogens is 412 g/mol. The highest BCUT2D eigenvalue weighted by Gasteiger charge is 2.37. The summed E-state index contributed by atoms with van der Waals surface area (Å²) in [5.74, 6) is -2.95. The van der Waals surface area contributed by atoms with Crippen molar-refractivity contribution in [3.63, 3.8) is 0 Å². The molecule has 1 aromatic carbocycles. The first kappa shape index (κ1) is 21.1. The molecule has 1 saturated carbocycles. The average Bonchev–Trinajstić information content (AvgIpc) is 3.10. The number of rotatable bonds is 6. The van der Waals surface area contributed by atoms with Gasteiger partial charge in [-0.1, -0.05) is 6.07 Å². The van der Waals surface area contributed by atoms with E-state index in [1.807, 2.05) is 36.1 Å². The molecule has 0 radical (unpaired) electrons. The highest BCUT2D eigenvalue weighted by Crippen LogP contribution is 2.37. The molecule has 8 heteroatoms. The molecule has 2 aromatic heterocycles. The van der Waals surface area contributed by atoms with Crippen LogP contribution in [0.5, 0.6) is 0 Å². The minimum Gasteiger partial charge on any atom is -0.299 e. The second-order valence-corrected chi connectivity index (χ2v) is 9.14. The Balaban J connectivity index is 1.36. The number of halogens is 2. The van der Waals surface area contributed by atoms with E-state index in [-0.39, 0.29) is 43.8 Å². The van der Waals surface area contributed by atoms with Gasteiger partial charge in [0.25, 0.3) is 0 Å². The summed E-state index contributed by atoms with van der Waals surface area (Å²) in [6.07, 6.45) is 3.36. The third-order valence-corrected chi connectivity index (χ3v) is 6.86. The molecule has 0 N–H and O–H groups in total. The molecule has 168 valence electrons. The van der Waals surface area contributed by atoms with Crippen LogP contribution in [-0.2, 0) is 24.8 Å². The van der Waals surface area contributed by atoms with E-state index in [0.717, 1.165) is 41.7 Å². The van der Waals surface area contributed by atoms with Crippen molar-refractivity contribution >= 4 is 16.7 Å². The standard InChI is InChI=1S/C24H27F2N5O/c1-30-22(15-31-9-2-10-31)20(14-27-30)17-3-4-21-18(11-17)12-19(28-29-21)13-23(32)16-5-7-24(25,26)8-6-16/h3-4,11-12,14,16H,2,5-10,13,15H2,1H3. The van der Waals surface area contributed by atoms with Gasteiger partial charge in [-0.3, -0.25) is 14.4 Å². The number of nitrogens with zero attached hydrogens (tertiary/aromatic N) is 5. The van der Waals surface area contributed by atoms with E-state index in [2.05, 4.69) is 26.3 Å². The van der Waals surface area contributed by atoms with Gasteiger partial charge >= 0.3 is 0 Å². The molecule has 1 aliphatic carbocycles. The van der Waals surface area contributed by atoms with Crippen LogP contribution in [0.25, 0.3) is 22.0 Å². The van der Waals surface area contributed by atoms with Crippen LogP contribution in [0.4, 0.5) is 8.78 Å². The molecule has 2 fully saturated rings. The van der Waals surface area contributed by atoms with Crippen LogP contribution >= 0.6 is 0 Å². The van der Waals surface area contributed by atoms with E-state index < -0.39 is 5.92 Å². The first-order chi connectivity index (χ1) is 15.4. The number of aryl methyl sites for hydroxylation is 1. The predicted octanol–water partition coefficient (Wildman–Crippen LogP) is 4.17. The van der Waals surface area contributed by atoms with Crippen LogP contribution in [0, 0.1) is 5.92 Å². The van der Waals surface area contributed by atoms with Crippen LogP contribution in [0.1, 0.15) is 43.5 Å². The van der Waals surface area contributed by atoms with Crippen LogP contribution in [0.15, 0.2) is 30.5 Å². The summed E-state index contributed by atoms with van der Waals surface area (Å²) < 4.78 is 28.7. The van der Waals surface area contributed by atoms with Gasteiger partial charge in [0.05, 0.1) is 29.5 Å². The number of hydrogen-bond donors (Lipinski definition) is 0. The zero-order chi connectivity index (χ0) is 22.3. The molecule has 1 saturated heterocycles. The summed E-state index contributed by atoms with van der Waals surface area (Å²) in [5.41, 5.74) is 4.68.